The Morgan fingerprint density at radius 1 is 1.27 bits per heavy atom. The van der Waals surface area contributed by atoms with Gasteiger partial charge in [-0.15, -0.1) is 0 Å². The van der Waals surface area contributed by atoms with E-state index in [1.807, 2.05) is 18.3 Å². The Labute approximate surface area is 159 Å². The molecule has 1 aromatic carbocycles. The quantitative estimate of drug-likeness (QED) is 0.683. The maximum atomic E-state index is 6.13. The molecule has 0 spiro atoms. The predicted molar refractivity (Wildman–Crippen MR) is 108 cm³/mol. The van der Waals surface area contributed by atoms with E-state index in [1.54, 1.807) is 7.11 Å². The highest BCUT2D eigenvalue weighted by molar-refractivity contribution is 6.30. The monoisotopic (exact) mass is 372 g/mol. The van der Waals surface area contributed by atoms with Crippen molar-refractivity contribution in [2.45, 2.75) is 20.4 Å². The Balaban J connectivity index is 2.15. The van der Waals surface area contributed by atoms with E-state index in [-0.39, 0.29) is 0 Å². The van der Waals surface area contributed by atoms with Gasteiger partial charge in [-0.3, -0.25) is 4.40 Å². The van der Waals surface area contributed by atoms with Crippen LogP contribution < -0.4 is 10.6 Å². The third kappa shape index (κ3) is 3.56. The van der Waals surface area contributed by atoms with Crippen molar-refractivity contribution in [1.29, 1.82) is 0 Å². The molecule has 0 bridgehead atoms. The van der Waals surface area contributed by atoms with Gasteiger partial charge in [0.1, 0.15) is 11.5 Å². The topological polar surface area (TPSA) is 55.8 Å². The van der Waals surface area contributed by atoms with E-state index in [0.29, 0.717) is 13.2 Å². The van der Waals surface area contributed by atoms with Gasteiger partial charge in [-0.2, -0.15) is 0 Å². The van der Waals surface area contributed by atoms with Gasteiger partial charge in [-0.05, 0) is 48.7 Å². The molecule has 0 fully saturated rings. The fourth-order valence-electron chi connectivity index (χ4n) is 3.26. The Hall–Kier alpha value is -2.08. The number of hydrogen-bond donors (Lipinski definition) is 1. The molecular weight excluding hydrogens is 348 g/mol. The molecule has 0 aliphatic carbocycles. The number of hydrogen-bond acceptors (Lipinski definition) is 4. The smallest absolute Gasteiger partial charge is 0.138 e. The van der Waals surface area contributed by atoms with Gasteiger partial charge in [0.15, 0.2) is 0 Å². The van der Waals surface area contributed by atoms with Crippen molar-refractivity contribution in [2.24, 2.45) is 5.73 Å². The van der Waals surface area contributed by atoms with Gasteiger partial charge < -0.3 is 15.4 Å². The first-order chi connectivity index (χ1) is 12.6. The number of benzene rings is 1. The molecule has 3 aromatic rings. The van der Waals surface area contributed by atoms with Gasteiger partial charge >= 0.3 is 0 Å². The van der Waals surface area contributed by atoms with Crippen molar-refractivity contribution in [3.05, 3.63) is 52.8 Å². The first-order valence-electron chi connectivity index (χ1n) is 8.79. The standard InChI is InChI=1S/C20H25ClN4O/c1-4-24(7-8-26-3)20-12-23-19-10-15(11-22)18(13-25(19)20)17-6-5-16(21)9-14(17)2/h5-6,9-10,12-13H,4,7-8,11,22H2,1-3H3. The lowest BCUT2D eigenvalue weighted by Gasteiger charge is -2.22. The summed E-state index contributed by atoms with van der Waals surface area (Å²) in [5.74, 6) is 1.05. The third-order valence-corrected chi connectivity index (χ3v) is 4.92. The summed E-state index contributed by atoms with van der Waals surface area (Å²) >= 11 is 6.13. The van der Waals surface area contributed by atoms with Crippen LogP contribution in [0.1, 0.15) is 18.1 Å². The number of nitrogens with two attached hydrogens (primary N) is 1. The molecule has 0 amide bonds. The van der Waals surface area contributed by atoms with E-state index in [0.717, 1.165) is 51.8 Å². The number of likely N-dealkylation sites (N-methyl/N-ethyl adjacent to an activating group) is 1. The lowest BCUT2D eigenvalue weighted by molar-refractivity contribution is 0.205. The van der Waals surface area contributed by atoms with Crippen LogP contribution in [0.3, 0.4) is 0 Å². The summed E-state index contributed by atoms with van der Waals surface area (Å²) < 4.78 is 7.37. The molecule has 0 saturated carbocycles. The molecule has 138 valence electrons. The molecule has 2 aromatic heterocycles. The number of aromatic nitrogens is 2. The van der Waals surface area contributed by atoms with Crippen molar-refractivity contribution < 1.29 is 4.74 Å². The van der Waals surface area contributed by atoms with E-state index in [9.17, 15) is 0 Å². The molecule has 0 aliphatic heterocycles. The van der Waals surface area contributed by atoms with Crippen molar-refractivity contribution in [2.75, 3.05) is 31.7 Å². The summed E-state index contributed by atoms with van der Waals surface area (Å²) in [5, 5.41) is 0.738. The van der Waals surface area contributed by atoms with Crippen LogP contribution in [0.5, 0.6) is 0 Å². The second kappa shape index (κ2) is 8.08. The molecule has 6 heteroatoms. The minimum atomic E-state index is 0.456. The Morgan fingerprint density at radius 2 is 2.08 bits per heavy atom. The summed E-state index contributed by atoms with van der Waals surface area (Å²) in [4.78, 5) is 6.83. The SMILES string of the molecule is CCN(CCOC)c1cnc2cc(CN)c(-c3ccc(Cl)cc3C)cn12. The van der Waals surface area contributed by atoms with Gasteiger partial charge in [0, 0.05) is 43.5 Å². The lowest BCUT2D eigenvalue weighted by Crippen LogP contribution is -2.27. The van der Waals surface area contributed by atoms with Crippen LogP contribution in [-0.4, -0.2) is 36.2 Å². The van der Waals surface area contributed by atoms with E-state index in [1.165, 1.54) is 0 Å². The second-order valence-electron chi connectivity index (χ2n) is 6.29. The predicted octanol–water partition coefficient (Wildman–Crippen LogP) is 3.89. The van der Waals surface area contributed by atoms with Crippen LogP contribution in [0.4, 0.5) is 5.82 Å². The van der Waals surface area contributed by atoms with Gasteiger partial charge in [0.25, 0.3) is 0 Å². The molecular formula is C20H25ClN4O. The van der Waals surface area contributed by atoms with Gasteiger partial charge in [-0.25, -0.2) is 4.98 Å². The number of imidazole rings is 1. The number of ether oxygens (including phenoxy) is 1. The normalized spacial score (nSPS) is 11.3. The summed E-state index contributed by atoms with van der Waals surface area (Å²) in [7, 11) is 1.72. The molecule has 2 heterocycles. The molecule has 3 rings (SSSR count). The van der Waals surface area contributed by atoms with E-state index >= 15 is 0 Å². The largest absolute Gasteiger partial charge is 0.383 e. The number of aryl methyl sites for hydroxylation is 1. The lowest BCUT2D eigenvalue weighted by atomic mass is 9.98. The van der Waals surface area contributed by atoms with E-state index in [2.05, 4.69) is 46.5 Å². The molecule has 2 N–H and O–H groups in total. The number of fused-ring (bicyclic) bond motifs is 1. The van der Waals surface area contributed by atoms with Crippen LogP contribution in [-0.2, 0) is 11.3 Å². The summed E-state index contributed by atoms with van der Waals surface area (Å²) in [5.41, 5.74) is 11.4. The third-order valence-electron chi connectivity index (χ3n) is 4.68. The zero-order valence-electron chi connectivity index (χ0n) is 15.5. The number of pyridine rings is 1. The fraction of sp³-hybridized carbons (Fsp3) is 0.350. The van der Waals surface area contributed by atoms with Gasteiger partial charge in [-0.1, -0.05) is 17.7 Å². The molecule has 5 nitrogen and oxygen atoms in total. The molecule has 0 radical (unpaired) electrons. The van der Waals surface area contributed by atoms with Crippen LogP contribution in [0.2, 0.25) is 5.02 Å². The molecule has 26 heavy (non-hydrogen) atoms. The summed E-state index contributed by atoms with van der Waals surface area (Å²) in [6.45, 7) is 7.02. The van der Waals surface area contributed by atoms with Gasteiger partial charge in [0.05, 0.1) is 12.8 Å². The van der Waals surface area contributed by atoms with Gasteiger partial charge in [0.2, 0.25) is 0 Å². The number of rotatable bonds is 7. The average molecular weight is 373 g/mol. The van der Waals surface area contributed by atoms with Crippen molar-refractivity contribution in [1.82, 2.24) is 9.38 Å². The highest BCUT2D eigenvalue weighted by Crippen LogP contribution is 2.31. The number of methoxy groups -OCH3 is 1. The maximum Gasteiger partial charge on any atom is 0.138 e. The zero-order valence-corrected chi connectivity index (χ0v) is 16.3. The van der Waals surface area contributed by atoms with Crippen LogP contribution in [0.15, 0.2) is 36.7 Å². The van der Waals surface area contributed by atoms with Crippen molar-refractivity contribution >= 4 is 23.1 Å². The minimum absolute atomic E-state index is 0.456. The van der Waals surface area contributed by atoms with Crippen molar-refractivity contribution in [3.63, 3.8) is 0 Å². The molecule has 0 unspecified atom stereocenters. The highest BCUT2D eigenvalue weighted by atomic mass is 35.5. The van der Waals surface area contributed by atoms with E-state index in [4.69, 9.17) is 22.1 Å². The Morgan fingerprint density at radius 3 is 2.73 bits per heavy atom. The zero-order chi connectivity index (χ0) is 18.7. The van der Waals surface area contributed by atoms with Crippen LogP contribution in [0.25, 0.3) is 16.8 Å². The fourth-order valence-corrected chi connectivity index (χ4v) is 3.49. The Kier molecular flexibility index (Phi) is 5.81. The summed E-state index contributed by atoms with van der Waals surface area (Å²) in [6.07, 6.45) is 4.04. The average Bonchev–Trinajstić information content (AvgIpc) is 3.04. The van der Waals surface area contributed by atoms with E-state index < -0.39 is 0 Å². The van der Waals surface area contributed by atoms with Crippen LogP contribution >= 0.6 is 11.6 Å². The first kappa shape index (κ1) is 18.7. The Bertz CT molecular complexity index is 906. The second-order valence-corrected chi connectivity index (χ2v) is 6.73. The molecule has 0 atom stereocenters. The number of halogens is 1. The molecule has 0 aliphatic rings. The number of nitrogens with zero attached hydrogens (tertiary/aromatic N) is 3. The minimum Gasteiger partial charge on any atom is -0.383 e. The van der Waals surface area contributed by atoms with Crippen molar-refractivity contribution in [3.8, 4) is 11.1 Å². The number of anilines is 1. The maximum absolute atomic E-state index is 6.13. The van der Waals surface area contributed by atoms with Crippen LogP contribution in [0, 0.1) is 6.92 Å². The highest BCUT2D eigenvalue weighted by Gasteiger charge is 2.15. The molecule has 0 saturated heterocycles. The first-order valence-corrected chi connectivity index (χ1v) is 9.17. The summed E-state index contributed by atoms with van der Waals surface area (Å²) in [6, 6.07) is 8.02.